The number of carboxylic acids is 1. The highest BCUT2D eigenvalue weighted by atomic mass is 32.1. The zero-order valence-electron chi connectivity index (χ0n) is 11.3. The van der Waals surface area contributed by atoms with E-state index in [1.165, 1.54) is 16.2 Å². The van der Waals surface area contributed by atoms with Crippen molar-refractivity contribution in [3.8, 4) is 0 Å². The maximum Gasteiger partial charge on any atom is 0.323 e. The molecular weight excluding hydrogens is 266 g/mol. The second-order valence-corrected chi connectivity index (χ2v) is 5.56. The number of nitrogens with zero attached hydrogens (tertiary/aromatic N) is 2. The van der Waals surface area contributed by atoms with Crippen LogP contribution in [0.1, 0.15) is 36.2 Å². The summed E-state index contributed by atoms with van der Waals surface area (Å²) in [6.07, 6.45) is 2.47. The second kappa shape index (κ2) is 7.08. The highest BCUT2D eigenvalue weighted by molar-refractivity contribution is 7.11. The van der Waals surface area contributed by atoms with E-state index in [0.29, 0.717) is 13.0 Å². The first-order valence-corrected chi connectivity index (χ1v) is 6.95. The minimum atomic E-state index is -1.01. The van der Waals surface area contributed by atoms with Crippen molar-refractivity contribution in [2.45, 2.75) is 33.2 Å². The molecule has 1 aromatic heterocycles. The summed E-state index contributed by atoms with van der Waals surface area (Å²) in [4.78, 5) is 29.3. The number of amides is 2. The number of thiazole rings is 1. The van der Waals surface area contributed by atoms with Crippen LogP contribution in [0.2, 0.25) is 0 Å². The number of carbonyl (C=O) groups excluding carboxylic acids is 1. The van der Waals surface area contributed by atoms with Crippen molar-refractivity contribution in [2.75, 3.05) is 13.1 Å². The van der Waals surface area contributed by atoms with Crippen LogP contribution >= 0.6 is 11.3 Å². The number of aryl methyl sites for hydroxylation is 1. The number of urea groups is 1. The number of rotatable bonds is 6. The van der Waals surface area contributed by atoms with Gasteiger partial charge in [0.1, 0.15) is 11.6 Å². The summed E-state index contributed by atoms with van der Waals surface area (Å²) >= 11 is 1.52. The Labute approximate surface area is 116 Å². The molecule has 0 aliphatic heterocycles. The summed E-state index contributed by atoms with van der Waals surface area (Å²) in [5, 5.41) is 12.4. The largest absolute Gasteiger partial charge is 0.480 e. The first-order chi connectivity index (χ1) is 8.93. The van der Waals surface area contributed by atoms with Crippen LogP contribution in [-0.2, 0) is 4.79 Å². The van der Waals surface area contributed by atoms with Crippen LogP contribution in [0.15, 0.2) is 6.20 Å². The molecule has 1 atom stereocenters. The van der Waals surface area contributed by atoms with Gasteiger partial charge in [-0.15, -0.1) is 11.3 Å². The monoisotopic (exact) mass is 285 g/mol. The minimum absolute atomic E-state index is 0.223. The first-order valence-electron chi connectivity index (χ1n) is 6.13. The highest BCUT2D eigenvalue weighted by Crippen LogP contribution is 2.19. The third-order valence-corrected chi connectivity index (χ3v) is 3.55. The van der Waals surface area contributed by atoms with Crippen LogP contribution in [0.25, 0.3) is 0 Å². The average molecular weight is 285 g/mol. The topological polar surface area (TPSA) is 82.5 Å². The van der Waals surface area contributed by atoms with Gasteiger partial charge in [-0.05, 0) is 20.3 Å². The van der Waals surface area contributed by atoms with E-state index in [-0.39, 0.29) is 18.6 Å². The molecule has 106 valence electrons. The molecule has 2 amide bonds. The van der Waals surface area contributed by atoms with Gasteiger partial charge in [-0.25, -0.2) is 9.78 Å². The molecule has 0 aliphatic carbocycles. The van der Waals surface area contributed by atoms with Gasteiger partial charge in [0.2, 0.25) is 0 Å². The molecule has 1 heterocycles. The molecule has 0 spiro atoms. The molecule has 6 nitrogen and oxygen atoms in total. The molecule has 19 heavy (non-hydrogen) atoms. The van der Waals surface area contributed by atoms with Crippen molar-refractivity contribution in [2.24, 2.45) is 0 Å². The summed E-state index contributed by atoms with van der Waals surface area (Å²) in [6, 6.07) is -0.594. The van der Waals surface area contributed by atoms with Gasteiger partial charge >= 0.3 is 12.0 Å². The number of carbonyl (C=O) groups is 2. The number of nitrogens with one attached hydrogen (secondary N) is 1. The average Bonchev–Trinajstić information content (AvgIpc) is 2.74. The van der Waals surface area contributed by atoms with Crippen molar-refractivity contribution in [1.29, 1.82) is 0 Å². The lowest BCUT2D eigenvalue weighted by atomic mass is 10.3. The van der Waals surface area contributed by atoms with Crippen LogP contribution in [0.4, 0.5) is 4.79 Å². The van der Waals surface area contributed by atoms with Gasteiger partial charge in [-0.1, -0.05) is 6.92 Å². The van der Waals surface area contributed by atoms with E-state index in [1.807, 2.05) is 20.8 Å². The van der Waals surface area contributed by atoms with Gasteiger partial charge in [-0.2, -0.15) is 0 Å². The van der Waals surface area contributed by atoms with Crippen molar-refractivity contribution < 1.29 is 14.7 Å². The predicted octanol–water partition coefficient (Wildman–Crippen LogP) is 2.02. The molecule has 1 rings (SSSR count). The molecule has 7 heteroatoms. The Morgan fingerprint density at radius 3 is 2.74 bits per heavy atom. The highest BCUT2D eigenvalue weighted by Gasteiger charge is 2.19. The number of hydrogen-bond donors (Lipinski definition) is 2. The van der Waals surface area contributed by atoms with Crippen molar-refractivity contribution in [3.05, 3.63) is 16.1 Å². The Morgan fingerprint density at radius 2 is 2.26 bits per heavy atom. The Morgan fingerprint density at radius 1 is 1.58 bits per heavy atom. The fourth-order valence-electron chi connectivity index (χ4n) is 1.60. The molecule has 1 unspecified atom stereocenters. The van der Waals surface area contributed by atoms with Gasteiger partial charge in [0.15, 0.2) is 0 Å². The van der Waals surface area contributed by atoms with E-state index in [2.05, 4.69) is 10.3 Å². The number of aromatic nitrogens is 1. The molecule has 0 radical (unpaired) electrons. The molecular formula is C12H19N3O3S. The lowest BCUT2D eigenvalue weighted by Gasteiger charge is -2.22. The molecule has 1 aromatic rings. The van der Waals surface area contributed by atoms with Crippen LogP contribution in [-0.4, -0.2) is 40.1 Å². The summed E-state index contributed by atoms with van der Waals surface area (Å²) in [5.74, 6) is -1.01. The molecule has 0 aromatic carbocycles. The number of hydrogen-bond acceptors (Lipinski definition) is 4. The van der Waals surface area contributed by atoms with E-state index < -0.39 is 5.97 Å². The lowest BCUT2D eigenvalue weighted by molar-refractivity contribution is -0.137. The molecule has 0 saturated carbocycles. The van der Waals surface area contributed by atoms with Crippen molar-refractivity contribution >= 4 is 23.3 Å². The van der Waals surface area contributed by atoms with E-state index in [4.69, 9.17) is 5.11 Å². The number of carboxylic acid groups (broad SMARTS) is 1. The van der Waals surface area contributed by atoms with E-state index in [9.17, 15) is 9.59 Å². The Balaban J connectivity index is 2.62. The number of aliphatic carboxylic acids is 1. The zero-order valence-corrected chi connectivity index (χ0v) is 12.2. The zero-order chi connectivity index (χ0) is 14.4. The fourth-order valence-corrected chi connectivity index (χ4v) is 2.37. The van der Waals surface area contributed by atoms with Crippen molar-refractivity contribution in [1.82, 2.24) is 15.2 Å². The van der Waals surface area contributed by atoms with Gasteiger partial charge in [0.25, 0.3) is 0 Å². The van der Waals surface area contributed by atoms with Crippen molar-refractivity contribution in [3.63, 3.8) is 0 Å². The SMILES string of the molecule is CCCN(CC(=O)O)C(=O)NC(C)c1ncc(C)s1. The van der Waals surface area contributed by atoms with Crippen LogP contribution in [0, 0.1) is 6.92 Å². The summed E-state index contributed by atoms with van der Waals surface area (Å²) in [6.45, 7) is 5.81. The molecule has 0 fully saturated rings. The van der Waals surface area contributed by atoms with E-state index >= 15 is 0 Å². The van der Waals surface area contributed by atoms with Crippen LogP contribution in [0.3, 0.4) is 0 Å². The Bertz CT molecular complexity index is 447. The minimum Gasteiger partial charge on any atom is -0.480 e. The third-order valence-electron chi connectivity index (χ3n) is 2.46. The summed E-state index contributed by atoms with van der Waals surface area (Å²) < 4.78 is 0. The maximum atomic E-state index is 12.0. The quantitative estimate of drug-likeness (QED) is 0.837. The van der Waals surface area contributed by atoms with Gasteiger partial charge in [-0.3, -0.25) is 4.79 Å². The van der Waals surface area contributed by atoms with Crippen LogP contribution in [0.5, 0.6) is 0 Å². The van der Waals surface area contributed by atoms with Gasteiger partial charge in [0.05, 0.1) is 6.04 Å². The molecule has 2 N–H and O–H groups in total. The van der Waals surface area contributed by atoms with Gasteiger partial charge in [0, 0.05) is 17.6 Å². The fraction of sp³-hybridized carbons (Fsp3) is 0.583. The summed E-state index contributed by atoms with van der Waals surface area (Å²) in [7, 11) is 0. The molecule has 0 saturated heterocycles. The summed E-state index contributed by atoms with van der Waals surface area (Å²) in [5.41, 5.74) is 0. The van der Waals surface area contributed by atoms with E-state index in [1.54, 1.807) is 6.20 Å². The smallest absolute Gasteiger partial charge is 0.323 e. The Kier molecular flexibility index (Phi) is 5.75. The molecule has 0 aliphatic rings. The Hall–Kier alpha value is -1.63. The second-order valence-electron chi connectivity index (χ2n) is 4.30. The molecule has 0 bridgehead atoms. The third kappa shape index (κ3) is 4.86. The predicted molar refractivity (Wildman–Crippen MR) is 73.3 cm³/mol. The normalized spacial score (nSPS) is 11.9. The first kappa shape index (κ1) is 15.4. The maximum absolute atomic E-state index is 12.0. The van der Waals surface area contributed by atoms with E-state index in [0.717, 1.165) is 9.88 Å². The van der Waals surface area contributed by atoms with Gasteiger partial charge < -0.3 is 15.3 Å². The standard InChI is InChI=1S/C12H19N3O3S/c1-4-5-15(7-10(16)17)12(18)14-9(3)11-13-6-8(2)19-11/h6,9H,4-5,7H2,1-3H3,(H,14,18)(H,16,17). The van der Waals surface area contributed by atoms with Crippen LogP contribution < -0.4 is 5.32 Å². The lowest BCUT2D eigenvalue weighted by Crippen LogP contribution is -2.43.